The number of aromatic nitrogens is 2. The van der Waals surface area contributed by atoms with Crippen LogP contribution in [0.4, 0.5) is 68.2 Å². The number of nitrogens with zero attached hydrogens (tertiary/aromatic N) is 6. The number of hydrogen-bond donors (Lipinski definition) is 0. The van der Waals surface area contributed by atoms with E-state index >= 15 is 0 Å². The summed E-state index contributed by atoms with van der Waals surface area (Å²) in [6.45, 7) is 30.2. The Labute approximate surface area is 775 Å². The number of fused-ring (bicyclic) bond motifs is 24. The molecule has 4 aliphatic heterocycles. The standard InChI is InChI=1S/C118H94B2N6S4/c1-68-60-96-106-98(62-68)125-108-86(113-110(125)84-25-15-18-35-101(84)129-113)28-20-30-90(108)119(106)88-58-55-79(121(75-47-39-71(40-48-75)115(3,4)5)76-49-41-72(42-50-76)116(6,7)8)65-94(88)123(96)92-32-23-37-103-105(92)83-57-38-70(64-104(83)127-103)67-118(12,13)74-45-53-78(54-46-74)122(77-51-43-73(44-52-77)117(9,10)11)80-56-59-89-95(66-80)124(93-33-22-27-82-81-24-14-17-34-100(81)128-112(82)93)97-61-69(2)63-99-107(97)120(89)91-31-21-29-87-109(91)126(99)111-85-26-16-19-36-102(85)130-114(87)111/h14-66H,67H2,1-13H3. The summed E-state index contributed by atoms with van der Waals surface area (Å²) in [7, 11) is 0. The van der Waals surface area contributed by atoms with Crippen molar-refractivity contribution >= 4 is 263 Å². The lowest BCUT2D eigenvalue weighted by atomic mass is 9.33. The first-order chi connectivity index (χ1) is 62.9. The number of anilines is 12. The Morgan fingerprint density at radius 3 is 1.13 bits per heavy atom. The van der Waals surface area contributed by atoms with Crippen molar-refractivity contribution in [1.29, 1.82) is 0 Å². The quantitative estimate of drug-likeness (QED) is 0.120. The van der Waals surface area contributed by atoms with E-state index < -0.39 is 0 Å². The van der Waals surface area contributed by atoms with Crippen LogP contribution in [0.15, 0.2) is 322 Å². The average Bonchev–Trinajstić information content (AvgIpc) is 1.34. The second-order valence-corrected chi connectivity index (χ2v) is 44.9. The Balaban J connectivity index is 0.599. The summed E-state index contributed by atoms with van der Waals surface area (Å²) >= 11 is 7.69. The molecule has 130 heavy (non-hydrogen) atoms. The molecule has 0 saturated heterocycles. The minimum absolute atomic E-state index is 0.00346. The average molecular weight is 1750 g/mol. The zero-order chi connectivity index (χ0) is 87.8. The molecule has 6 aromatic heterocycles. The van der Waals surface area contributed by atoms with Gasteiger partial charge in [0.15, 0.2) is 0 Å². The van der Waals surface area contributed by atoms with Crippen molar-refractivity contribution in [2.75, 3.05) is 19.6 Å². The highest BCUT2D eigenvalue weighted by Gasteiger charge is 2.47. The summed E-state index contributed by atoms with van der Waals surface area (Å²) < 4.78 is 15.8. The fourth-order valence-electron chi connectivity index (χ4n) is 22.8. The molecule has 16 aromatic carbocycles. The van der Waals surface area contributed by atoms with Crippen LogP contribution in [0.3, 0.4) is 0 Å². The molecular formula is C118H94B2N6S4. The maximum absolute atomic E-state index is 2.68. The van der Waals surface area contributed by atoms with E-state index in [1.54, 1.807) is 0 Å². The number of hydrogen-bond acceptors (Lipinski definition) is 8. The highest BCUT2D eigenvalue weighted by Crippen LogP contribution is 2.55. The Hall–Kier alpha value is -13.2. The molecule has 0 amide bonds. The van der Waals surface area contributed by atoms with Crippen LogP contribution in [0, 0.1) is 13.8 Å². The summed E-state index contributed by atoms with van der Waals surface area (Å²) in [5.41, 5.74) is 38.4. The van der Waals surface area contributed by atoms with Gasteiger partial charge in [0.1, 0.15) is 0 Å². The Bertz CT molecular complexity index is 8550. The van der Waals surface area contributed by atoms with Crippen LogP contribution in [0.2, 0.25) is 0 Å². The third-order valence-electron chi connectivity index (χ3n) is 29.0. The molecule has 0 fully saturated rings. The number of rotatable bonds is 11. The Kier molecular flexibility index (Phi) is 16.7. The van der Waals surface area contributed by atoms with Crippen molar-refractivity contribution in [2.24, 2.45) is 0 Å². The van der Waals surface area contributed by atoms with Gasteiger partial charge in [-0.1, -0.05) is 258 Å². The number of para-hydroxylation sites is 2. The van der Waals surface area contributed by atoms with Gasteiger partial charge in [0.25, 0.3) is 13.4 Å². The fourth-order valence-corrected chi connectivity index (χ4v) is 27.6. The van der Waals surface area contributed by atoms with E-state index in [0.717, 1.165) is 40.5 Å². The van der Waals surface area contributed by atoms with Crippen LogP contribution >= 0.6 is 45.3 Å². The molecule has 0 unspecified atom stereocenters. The van der Waals surface area contributed by atoms with Gasteiger partial charge in [0, 0.05) is 135 Å². The SMILES string of the molecule is Cc1cc2c3c(c1)-n1c4c(cccc4c4sc5ccccc5c41)B3c1ccc(N(c3ccc(C(C)(C)C)cc3)c3ccc(C(C)(C)Cc4ccc5c(c4)sc4cccc(N6c7cc(N(c8ccc(C(C)(C)C)cc8)c8ccc(C(C)(C)C)cc8)ccc7B7c8c6cc(C)cc8-n6c8c7cccc8c7sc8ccccc8c76)c45)cc3)cc1N2c1cccc2c1sc1ccccc12. The van der Waals surface area contributed by atoms with Crippen LogP contribution in [0.5, 0.6) is 0 Å². The van der Waals surface area contributed by atoms with E-state index in [-0.39, 0.29) is 35.1 Å². The van der Waals surface area contributed by atoms with E-state index in [9.17, 15) is 0 Å². The van der Waals surface area contributed by atoms with Gasteiger partial charge >= 0.3 is 0 Å². The van der Waals surface area contributed by atoms with Gasteiger partial charge in [0.2, 0.25) is 0 Å². The maximum atomic E-state index is 2.68. The molecule has 22 aromatic rings. The summed E-state index contributed by atoms with van der Waals surface area (Å²) in [4.78, 5) is 10.3. The van der Waals surface area contributed by atoms with Crippen LogP contribution in [-0.2, 0) is 28.1 Å². The normalized spacial score (nSPS) is 13.5. The third kappa shape index (κ3) is 11.5. The van der Waals surface area contributed by atoms with Gasteiger partial charge in [-0.05, 0) is 253 Å². The molecule has 0 bridgehead atoms. The molecule has 0 radical (unpaired) electrons. The zero-order valence-corrected chi connectivity index (χ0v) is 78.5. The van der Waals surface area contributed by atoms with E-state index in [2.05, 4.69) is 440 Å². The van der Waals surface area contributed by atoms with Crippen LogP contribution in [-0.4, -0.2) is 22.6 Å². The first-order valence-corrected chi connectivity index (χ1v) is 49.1. The Morgan fingerprint density at radius 2 is 0.646 bits per heavy atom. The highest BCUT2D eigenvalue weighted by molar-refractivity contribution is 7.28. The summed E-state index contributed by atoms with van der Waals surface area (Å²) in [5, 5.41) is 10.4. The number of benzene rings is 16. The highest BCUT2D eigenvalue weighted by atomic mass is 32.1. The smallest absolute Gasteiger partial charge is 0.252 e. The maximum Gasteiger partial charge on any atom is 0.252 e. The van der Waals surface area contributed by atoms with Gasteiger partial charge in [0.05, 0.1) is 47.5 Å². The molecule has 6 nitrogen and oxygen atoms in total. The van der Waals surface area contributed by atoms with Gasteiger partial charge in [-0.15, -0.1) is 45.3 Å². The van der Waals surface area contributed by atoms with Crippen molar-refractivity contribution < 1.29 is 0 Å². The zero-order valence-electron chi connectivity index (χ0n) is 75.3. The van der Waals surface area contributed by atoms with Gasteiger partial charge < -0.3 is 28.7 Å². The predicted molar refractivity (Wildman–Crippen MR) is 568 cm³/mol. The molecule has 0 N–H and O–H groups in total. The van der Waals surface area contributed by atoms with Crippen LogP contribution < -0.4 is 52.4 Å². The summed E-state index contributed by atoms with van der Waals surface area (Å²) in [5.74, 6) is 0. The minimum atomic E-state index is -0.250. The molecule has 0 aliphatic carbocycles. The second-order valence-electron chi connectivity index (χ2n) is 40.7. The Morgan fingerprint density at radius 1 is 0.262 bits per heavy atom. The molecule has 4 aliphatic rings. The largest absolute Gasteiger partial charge is 0.311 e. The van der Waals surface area contributed by atoms with Gasteiger partial charge in [-0.3, -0.25) is 0 Å². The lowest BCUT2D eigenvalue weighted by Gasteiger charge is -2.41. The monoisotopic (exact) mass is 1740 g/mol. The molecule has 12 heteroatoms. The van der Waals surface area contributed by atoms with Crippen LogP contribution in [0.25, 0.3) is 114 Å². The first kappa shape index (κ1) is 77.9. The van der Waals surface area contributed by atoms with Crippen molar-refractivity contribution in [2.45, 2.75) is 118 Å². The van der Waals surface area contributed by atoms with Crippen LogP contribution in [0.1, 0.15) is 115 Å². The number of thiophene rings is 4. The molecule has 26 rings (SSSR count). The topological polar surface area (TPSA) is 22.8 Å². The summed E-state index contributed by atoms with van der Waals surface area (Å²) in [6.07, 6.45) is 0.847. The lowest BCUT2D eigenvalue weighted by Crippen LogP contribution is -2.60. The molecule has 626 valence electrons. The molecule has 0 spiro atoms. The first-order valence-electron chi connectivity index (χ1n) is 45.9. The second kappa shape index (κ2) is 27.9. The van der Waals surface area contributed by atoms with Crippen molar-refractivity contribution in [3.8, 4) is 11.4 Å². The predicted octanol–water partition coefficient (Wildman–Crippen LogP) is 30.2. The van der Waals surface area contributed by atoms with Crippen molar-refractivity contribution in [1.82, 2.24) is 9.13 Å². The van der Waals surface area contributed by atoms with Crippen molar-refractivity contribution in [3.63, 3.8) is 0 Å². The molecule has 0 atom stereocenters. The molecule has 0 saturated carbocycles. The fraction of sp³-hybridized carbons (Fsp3) is 0.153. The van der Waals surface area contributed by atoms with Gasteiger partial charge in [-0.2, -0.15) is 0 Å². The lowest BCUT2D eigenvalue weighted by molar-refractivity contribution is 0.523. The minimum Gasteiger partial charge on any atom is -0.311 e. The van der Waals surface area contributed by atoms with E-state index in [4.69, 9.17) is 0 Å². The molecular weight excluding hydrogens is 1650 g/mol. The number of aryl methyl sites for hydroxylation is 2. The van der Waals surface area contributed by atoms with E-state index in [0.29, 0.717) is 0 Å². The van der Waals surface area contributed by atoms with E-state index in [1.165, 1.54) is 220 Å². The third-order valence-corrected chi connectivity index (χ3v) is 33.7. The molecule has 10 heterocycles. The van der Waals surface area contributed by atoms with E-state index in [1.807, 2.05) is 45.3 Å². The van der Waals surface area contributed by atoms with Gasteiger partial charge in [-0.25, -0.2) is 0 Å². The van der Waals surface area contributed by atoms with Crippen molar-refractivity contribution in [3.05, 3.63) is 360 Å². The summed E-state index contributed by atoms with van der Waals surface area (Å²) in [6, 6.07) is 125.